The van der Waals surface area contributed by atoms with E-state index >= 15 is 0 Å². The lowest BCUT2D eigenvalue weighted by Crippen LogP contribution is -2.26. The van der Waals surface area contributed by atoms with E-state index in [1.54, 1.807) is 14.2 Å². The Morgan fingerprint density at radius 1 is 1.50 bits per heavy atom. The molecule has 0 N–H and O–H groups in total. The van der Waals surface area contributed by atoms with Crippen LogP contribution in [0.15, 0.2) is 0 Å². The summed E-state index contributed by atoms with van der Waals surface area (Å²) >= 11 is 0. The van der Waals surface area contributed by atoms with Gasteiger partial charge < -0.3 is 4.74 Å². The standard InChI is InChI=1S/C6H13NO3/c1-7(10-3)6(8)4-5-9-2/h4-5H2,1-3H3. The number of rotatable bonds is 4. The zero-order chi connectivity index (χ0) is 7.98. The Kier molecular flexibility index (Phi) is 4.88. The average Bonchev–Trinajstić information content (AvgIpc) is 1.98. The van der Waals surface area contributed by atoms with Crippen LogP contribution in [-0.2, 0) is 14.4 Å². The smallest absolute Gasteiger partial charge is 0.248 e. The molecule has 0 aliphatic carbocycles. The van der Waals surface area contributed by atoms with E-state index in [1.165, 1.54) is 12.2 Å². The second-order valence-electron chi connectivity index (χ2n) is 1.82. The number of carbonyl (C=O) groups is 1. The molecule has 0 bridgehead atoms. The van der Waals surface area contributed by atoms with Gasteiger partial charge in [-0.2, -0.15) is 0 Å². The lowest BCUT2D eigenvalue weighted by molar-refractivity contribution is -0.169. The van der Waals surface area contributed by atoms with Crippen molar-refractivity contribution < 1.29 is 14.4 Å². The molecule has 0 radical (unpaired) electrons. The van der Waals surface area contributed by atoms with E-state index in [0.29, 0.717) is 13.0 Å². The largest absolute Gasteiger partial charge is 0.384 e. The monoisotopic (exact) mass is 147 g/mol. The quantitative estimate of drug-likeness (QED) is 0.527. The molecule has 1 amide bonds. The van der Waals surface area contributed by atoms with Crippen LogP contribution in [0.5, 0.6) is 0 Å². The van der Waals surface area contributed by atoms with Gasteiger partial charge >= 0.3 is 0 Å². The predicted molar refractivity (Wildman–Crippen MR) is 36.3 cm³/mol. The summed E-state index contributed by atoms with van der Waals surface area (Å²) in [4.78, 5) is 15.5. The van der Waals surface area contributed by atoms with E-state index in [9.17, 15) is 4.79 Å². The number of hydroxylamine groups is 2. The van der Waals surface area contributed by atoms with Crippen LogP contribution in [0.2, 0.25) is 0 Å². The van der Waals surface area contributed by atoms with Crippen molar-refractivity contribution in [1.82, 2.24) is 5.06 Å². The second-order valence-corrected chi connectivity index (χ2v) is 1.82. The van der Waals surface area contributed by atoms with E-state index in [0.717, 1.165) is 0 Å². The maximum absolute atomic E-state index is 10.9. The SMILES string of the molecule is COCCC(=O)N(C)OC. The highest BCUT2D eigenvalue weighted by Crippen LogP contribution is 1.89. The minimum atomic E-state index is -0.0793. The Bertz CT molecular complexity index is 105. The number of amides is 1. The summed E-state index contributed by atoms with van der Waals surface area (Å²) in [5.41, 5.74) is 0. The predicted octanol–water partition coefficient (Wildman–Crippen LogP) is 0.0427. The van der Waals surface area contributed by atoms with E-state index in [-0.39, 0.29) is 5.91 Å². The van der Waals surface area contributed by atoms with Crippen molar-refractivity contribution in [3.63, 3.8) is 0 Å². The van der Waals surface area contributed by atoms with E-state index in [2.05, 4.69) is 4.84 Å². The molecule has 0 heterocycles. The summed E-state index contributed by atoms with van der Waals surface area (Å²) in [6.07, 6.45) is 0.362. The molecule has 0 aromatic rings. The first kappa shape index (κ1) is 9.39. The Morgan fingerprint density at radius 3 is 2.50 bits per heavy atom. The summed E-state index contributed by atoms with van der Waals surface area (Å²) in [6.45, 7) is 0.437. The fourth-order valence-electron chi connectivity index (χ4n) is 0.449. The zero-order valence-corrected chi connectivity index (χ0v) is 6.59. The Hall–Kier alpha value is -0.610. The van der Waals surface area contributed by atoms with Crippen LogP contribution in [0.25, 0.3) is 0 Å². The summed E-state index contributed by atoms with van der Waals surface area (Å²) in [5.74, 6) is -0.0793. The molecule has 0 aromatic carbocycles. The van der Waals surface area contributed by atoms with Crippen LogP contribution in [0.1, 0.15) is 6.42 Å². The van der Waals surface area contributed by atoms with Gasteiger partial charge in [-0.25, -0.2) is 5.06 Å². The van der Waals surface area contributed by atoms with Crippen LogP contribution in [0.4, 0.5) is 0 Å². The minimum Gasteiger partial charge on any atom is -0.384 e. The van der Waals surface area contributed by atoms with Crippen molar-refractivity contribution in [3.05, 3.63) is 0 Å². The first-order valence-corrected chi connectivity index (χ1v) is 3.02. The second kappa shape index (κ2) is 5.20. The Balaban J connectivity index is 3.42. The molecule has 0 saturated carbocycles. The molecule has 0 spiro atoms. The fraction of sp³-hybridized carbons (Fsp3) is 0.833. The molecular formula is C6H13NO3. The molecule has 0 aliphatic rings. The third-order valence-corrected chi connectivity index (χ3v) is 1.15. The molecule has 4 heteroatoms. The summed E-state index contributed by atoms with van der Waals surface area (Å²) < 4.78 is 4.70. The van der Waals surface area contributed by atoms with Crippen molar-refractivity contribution in [2.45, 2.75) is 6.42 Å². The Morgan fingerprint density at radius 2 is 2.10 bits per heavy atom. The van der Waals surface area contributed by atoms with Gasteiger partial charge in [0.05, 0.1) is 20.1 Å². The minimum absolute atomic E-state index is 0.0793. The normalized spacial score (nSPS) is 9.50. The zero-order valence-electron chi connectivity index (χ0n) is 6.59. The lowest BCUT2D eigenvalue weighted by Gasteiger charge is -2.12. The van der Waals surface area contributed by atoms with E-state index < -0.39 is 0 Å². The number of methoxy groups -OCH3 is 1. The van der Waals surface area contributed by atoms with Crippen LogP contribution in [-0.4, -0.2) is 38.8 Å². The van der Waals surface area contributed by atoms with Crippen molar-refractivity contribution in [1.29, 1.82) is 0 Å². The third-order valence-electron chi connectivity index (χ3n) is 1.15. The topological polar surface area (TPSA) is 38.8 Å². The number of hydrogen-bond acceptors (Lipinski definition) is 3. The van der Waals surface area contributed by atoms with Crippen LogP contribution >= 0.6 is 0 Å². The van der Waals surface area contributed by atoms with Gasteiger partial charge in [-0.05, 0) is 0 Å². The van der Waals surface area contributed by atoms with Gasteiger partial charge in [0.1, 0.15) is 0 Å². The third kappa shape index (κ3) is 3.42. The molecule has 0 atom stereocenters. The average molecular weight is 147 g/mol. The molecule has 4 nitrogen and oxygen atoms in total. The number of ether oxygens (including phenoxy) is 1. The molecule has 0 saturated heterocycles. The maximum Gasteiger partial charge on any atom is 0.248 e. The van der Waals surface area contributed by atoms with Gasteiger partial charge in [-0.15, -0.1) is 0 Å². The number of hydrogen-bond donors (Lipinski definition) is 0. The van der Waals surface area contributed by atoms with E-state index in [4.69, 9.17) is 4.74 Å². The molecule has 0 aromatic heterocycles. The van der Waals surface area contributed by atoms with Gasteiger partial charge in [0, 0.05) is 14.2 Å². The molecule has 10 heavy (non-hydrogen) atoms. The van der Waals surface area contributed by atoms with Crippen LogP contribution in [0, 0.1) is 0 Å². The molecule has 60 valence electrons. The van der Waals surface area contributed by atoms with Crippen LogP contribution in [0.3, 0.4) is 0 Å². The van der Waals surface area contributed by atoms with Crippen molar-refractivity contribution in [2.24, 2.45) is 0 Å². The van der Waals surface area contributed by atoms with Gasteiger partial charge in [-0.1, -0.05) is 0 Å². The summed E-state index contributed by atoms with van der Waals surface area (Å²) in [7, 11) is 4.57. The highest BCUT2D eigenvalue weighted by atomic mass is 16.7. The van der Waals surface area contributed by atoms with Crippen molar-refractivity contribution in [2.75, 3.05) is 27.9 Å². The molecule has 0 unspecified atom stereocenters. The highest BCUT2D eigenvalue weighted by Gasteiger charge is 2.05. The molecule has 0 aliphatic heterocycles. The maximum atomic E-state index is 10.9. The highest BCUT2D eigenvalue weighted by molar-refractivity contribution is 5.74. The van der Waals surface area contributed by atoms with Gasteiger partial charge in [-0.3, -0.25) is 9.63 Å². The van der Waals surface area contributed by atoms with Crippen LogP contribution < -0.4 is 0 Å². The van der Waals surface area contributed by atoms with Crippen molar-refractivity contribution >= 4 is 5.91 Å². The summed E-state index contributed by atoms with van der Waals surface area (Å²) in [5, 5.41) is 1.18. The molecule has 0 fully saturated rings. The van der Waals surface area contributed by atoms with E-state index in [1.807, 2.05) is 0 Å². The fourth-order valence-corrected chi connectivity index (χ4v) is 0.449. The summed E-state index contributed by atoms with van der Waals surface area (Å²) in [6, 6.07) is 0. The first-order valence-electron chi connectivity index (χ1n) is 3.02. The van der Waals surface area contributed by atoms with Gasteiger partial charge in [0.25, 0.3) is 0 Å². The van der Waals surface area contributed by atoms with Gasteiger partial charge in [0.15, 0.2) is 0 Å². The van der Waals surface area contributed by atoms with Crippen molar-refractivity contribution in [3.8, 4) is 0 Å². The first-order chi connectivity index (χ1) is 4.72. The van der Waals surface area contributed by atoms with Gasteiger partial charge in [0.2, 0.25) is 5.91 Å². The number of carbonyl (C=O) groups excluding carboxylic acids is 1. The molecular weight excluding hydrogens is 134 g/mol. The molecule has 0 rings (SSSR count). The Labute approximate surface area is 60.7 Å². The lowest BCUT2D eigenvalue weighted by atomic mass is 10.4. The number of nitrogens with zero attached hydrogens (tertiary/aromatic N) is 1.